The molecular formula is C15H23F. The van der Waals surface area contributed by atoms with Crippen LogP contribution >= 0.6 is 0 Å². The van der Waals surface area contributed by atoms with Crippen LogP contribution < -0.4 is 0 Å². The molecule has 0 N–H and O–H groups in total. The zero-order valence-electron chi connectivity index (χ0n) is 10.5. The predicted octanol–water partition coefficient (Wildman–Crippen LogP) is 4.97. The van der Waals surface area contributed by atoms with E-state index in [0.717, 1.165) is 17.9 Å². The van der Waals surface area contributed by atoms with Gasteiger partial charge in [-0.2, -0.15) is 0 Å². The van der Waals surface area contributed by atoms with E-state index in [2.05, 4.69) is 13.8 Å². The molecule has 0 aliphatic heterocycles. The van der Waals surface area contributed by atoms with Crippen LogP contribution in [0.2, 0.25) is 0 Å². The van der Waals surface area contributed by atoms with Gasteiger partial charge in [0.2, 0.25) is 0 Å². The van der Waals surface area contributed by atoms with Crippen molar-refractivity contribution >= 4 is 0 Å². The van der Waals surface area contributed by atoms with Gasteiger partial charge >= 0.3 is 0 Å². The van der Waals surface area contributed by atoms with Gasteiger partial charge in [-0.1, -0.05) is 51.7 Å². The van der Waals surface area contributed by atoms with Crippen LogP contribution in [-0.4, -0.2) is 0 Å². The highest BCUT2D eigenvalue weighted by molar-refractivity contribution is 5.16. The maximum Gasteiger partial charge on any atom is 0.123 e. The number of unbranched alkanes of at least 4 members (excludes halogenated alkanes) is 3. The number of rotatable bonds is 7. The smallest absolute Gasteiger partial charge is 0.123 e. The van der Waals surface area contributed by atoms with Crippen LogP contribution in [0.5, 0.6) is 0 Å². The quantitative estimate of drug-likeness (QED) is 0.571. The van der Waals surface area contributed by atoms with Crippen molar-refractivity contribution in [1.29, 1.82) is 0 Å². The van der Waals surface area contributed by atoms with Crippen molar-refractivity contribution < 1.29 is 4.39 Å². The van der Waals surface area contributed by atoms with Gasteiger partial charge in [0.05, 0.1) is 0 Å². The number of halogens is 1. The second kappa shape index (κ2) is 7.43. The van der Waals surface area contributed by atoms with Crippen LogP contribution in [0.1, 0.15) is 51.5 Å². The molecule has 0 atom stereocenters. The summed E-state index contributed by atoms with van der Waals surface area (Å²) in [5, 5.41) is 0. The summed E-state index contributed by atoms with van der Waals surface area (Å²) in [5.74, 6) is 0.709. The minimum absolute atomic E-state index is 0.114. The van der Waals surface area contributed by atoms with Crippen molar-refractivity contribution in [2.45, 2.75) is 52.4 Å². The lowest BCUT2D eigenvalue weighted by atomic mass is 10.0. The third-order valence-corrected chi connectivity index (χ3v) is 2.89. The van der Waals surface area contributed by atoms with Crippen LogP contribution in [0.15, 0.2) is 24.3 Å². The first-order valence-corrected chi connectivity index (χ1v) is 6.43. The molecule has 1 aromatic carbocycles. The predicted molar refractivity (Wildman–Crippen MR) is 68.0 cm³/mol. The molecule has 0 bridgehead atoms. The Kier molecular flexibility index (Phi) is 6.14. The number of aryl methyl sites for hydroxylation is 1. The van der Waals surface area contributed by atoms with Crippen molar-refractivity contribution in [3.05, 3.63) is 35.6 Å². The fourth-order valence-corrected chi connectivity index (χ4v) is 1.93. The topological polar surface area (TPSA) is 0 Å². The summed E-state index contributed by atoms with van der Waals surface area (Å²) in [5.41, 5.74) is 1.13. The van der Waals surface area contributed by atoms with E-state index in [-0.39, 0.29) is 5.82 Å². The molecule has 0 heterocycles. The van der Waals surface area contributed by atoms with Gasteiger partial charge in [-0.15, -0.1) is 0 Å². The first kappa shape index (κ1) is 13.2. The average Bonchev–Trinajstić information content (AvgIpc) is 2.23. The molecule has 0 unspecified atom stereocenters. The molecule has 1 heteroatoms. The Morgan fingerprint density at radius 1 is 1.06 bits per heavy atom. The molecule has 16 heavy (non-hydrogen) atoms. The summed E-state index contributed by atoms with van der Waals surface area (Å²) in [6.45, 7) is 4.54. The Morgan fingerprint density at radius 3 is 2.50 bits per heavy atom. The lowest BCUT2D eigenvalue weighted by molar-refractivity contribution is 0.520. The summed E-state index contributed by atoms with van der Waals surface area (Å²) in [7, 11) is 0. The maximum atomic E-state index is 12.9. The van der Waals surface area contributed by atoms with Crippen molar-refractivity contribution in [2.75, 3.05) is 0 Å². The summed E-state index contributed by atoms with van der Waals surface area (Å²) in [4.78, 5) is 0. The fraction of sp³-hybridized carbons (Fsp3) is 0.600. The van der Waals surface area contributed by atoms with E-state index in [4.69, 9.17) is 0 Å². The molecule has 0 spiro atoms. The highest BCUT2D eigenvalue weighted by Gasteiger charge is 1.97. The molecule has 1 aromatic rings. The summed E-state index contributed by atoms with van der Waals surface area (Å²) in [6.07, 6.45) is 7.44. The van der Waals surface area contributed by atoms with E-state index >= 15 is 0 Å². The molecular weight excluding hydrogens is 199 g/mol. The summed E-state index contributed by atoms with van der Waals surface area (Å²) >= 11 is 0. The van der Waals surface area contributed by atoms with Crippen molar-refractivity contribution in [2.24, 2.45) is 5.92 Å². The third-order valence-electron chi connectivity index (χ3n) is 2.89. The SMILES string of the molecule is CC(C)CCCCCCc1cccc(F)c1. The van der Waals surface area contributed by atoms with Crippen molar-refractivity contribution in [3.8, 4) is 0 Å². The largest absolute Gasteiger partial charge is 0.207 e. The number of hydrogen-bond donors (Lipinski definition) is 0. The molecule has 90 valence electrons. The molecule has 0 radical (unpaired) electrons. The van der Waals surface area contributed by atoms with Gasteiger partial charge in [0.1, 0.15) is 5.82 Å². The van der Waals surface area contributed by atoms with Gasteiger partial charge in [-0.25, -0.2) is 4.39 Å². The van der Waals surface area contributed by atoms with E-state index in [0.29, 0.717) is 0 Å². The first-order valence-electron chi connectivity index (χ1n) is 6.43. The average molecular weight is 222 g/mol. The fourth-order valence-electron chi connectivity index (χ4n) is 1.93. The third kappa shape index (κ3) is 5.89. The van der Waals surface area contributed by atoms with Crippen LogP contribution in [0, 0.1) is 11.7 Å². The van der Waals surface area contributed by atoms with E-state index in [1.54, 1.807) is 12.1 Å². The van der Waals surface area contributed by atoms with Crippen LogP contribution in [0.3, 0.4) is 0 Å². The second-order valence-corrected chi connectivity index (χ2v) is 4.98. The zero-order chi connectivity index (χ0) is 11.8. The van der Waals surface area contributed by atoms with Gasteiger partial charge in [0.15, 0.2) is 0 Å². The van der Waals surface area contributed by atoms with Gasteiger partial charge in [-0.05, 0) is 36.5 Å². The minimum atomic E-state index is -0.114. The van der Waals surface area contributed by atoms with Gasteiger partial charge in [-0.3, -0.25) is 0 Å². The molecule has 0 fully saturated rings. The molecule has 0 amide bonds. The number of benzene rings is 1. The normalized spacial score (nSPS) is 11.0. The van der Waals surface area contributed by atoms with Gasteiger partial charge < -0.3 is 0 Å². The molecule has 0 aromatic heterocycles. The van der Waals surface area contributed by atoms with Gasteiger partial charge in [0.25, 0.3) is 0 Å². The first-order chi connectivity index (χ1) is 7.68. The molecule has 0 aliphatic rings. The molecule has 0 aliphatic carbocycles. The van der Waals surface area contributed by atoms with E-state index in [9.17, 15) is 4.39 Å². The molecule has 0 saturated heterocycles. The monoisotopic (exact) mass is 222 g/mol. The Hall–Kier alpha value is -0.850. The maximum absolute atomic E-state index is 12.9. The zero-order valence-corrected chi connectivity index (χ0v) is 10.5. The summed E-state index contributed by atoms with van der Waals surface area (Å²) < 4.78 is 12.9. The highest BCUT2D eigenvalue weighted by atomic mass is 19.1. The highest BCUT2D eigenvalue weighted by Crippen LogP contribution is 2.12. The Morgan fingerprint density at radius 2 is 1.81 bits per heavy atom. The lowest BCUT2D eigenvalue weighted by Gasteiger charge is -2.04. The molecule has 1 rings (SSSR count). The van der Waals surface area contributed by atoms with Crippen LogP contribution in [-0.2, 0) is 6.42 Å². The second-order valence-electron chi connectivity index (χ2n) is 4.98. The Balaban J connectivity index is 2.07. The standard InChI is InChI=1S/C15H23F/c1-13(2)8-5-3-4-6-9-14-10-7-11-15(16)12-14/h7,10-13H,3-6,8-9H2,1-2H3. The molecule has 0 nitrogen and oxygen atoms in total. The van der Waals surface area contributed by atoms with E-state index in [1.807, 2.05) is 6.07 Å². The lowest BCUT2D eigenvalue weighted by Crippen LogP contribution is -1.89. The Labute approximate surface area is 98.9 Å². The number of hydrogen-bond acceptors (Lipinski definition) is 0. The van der Waals surface area contributed by atoms with Crippen molar-refractivity contribution in [3.63, 3.8) is 0 Å². The van der Waals surface area contributed by atoms with Crippen LogP contribution in [0.4, 0.5) is 4.39 Å². The van der Waals surface area contributed by atoms with E-state index < -0.39 is 0 Å². The van der Waals surface area contributed by atoms with Crippen molar-refractivity contribution in [1.82, 2.24) is 0 Å². The Bertz CT molecular complexity index is 291. The molecule has 0 saturated carbocycles. The minimum Gasteiger partial charge on any atom is -0.207 e. The van der Waals surface area contributed by atoms with Gasteiger partial charge in [0, 0.05) is 0 Å². The van der Waals surface area contributed by atoms with E-state index in [1.165, 1.54) is 38.2 Å². The van der Waals surface area contributed by atoms with Crippen LogP contribution in [0.25, 0.3) is 0 Å². The summed E-state index contributed by atoms with van der Waals surface area (Å²) in [6, 6.07) is 6.96.